The largest absolute Gasteiger partial charge is 0.356 e. The molecular weight excluding hydrogens is 357 g/mol. The van der Waals surface area contributed by atoms with Crippen LogP contribution < -0.4 is 10.0 Å². The van der Waals surface area contributed by atoms with Gasteiger partial charge in [-0.2, -0.15) is 0 Å². The Morgan fingerprint density at radius 2 is 1.85 bits per heavy atom. The third-order valence-electron chi connectivity index (χ3n) is 3.95. The van der Waals surface area contributed by atoms with Crippen LogP contribution in [0.4, 0.5) is 4.39 Å². The van der Waals surface area contributed by atoms with Crippen LogP contribution in [0.1, 0.15) is 17.5 Å². The Morgan fingerprint density at radius 3 is 2.65 bits per heavy atom. The van der Waals surface area contributed by atoms with Crippen LogP contribution in [0.15, 0.2) is 58.4 Å². The molecule has 26 heavy (non-hydrogen) atoms. The zero-order valence-electron chi connectivity index (χ0n) is 13.9. The van der Waals surface area contributed by atoms with Crippen LogP contribution >= 0.6 is 0 Å². The Labute approximate surface area is 151 Å². The number of amides is 1. The highest BCUT2D eigenvalue weighted by molar-refractivity contribution is 7.90. The van der Waals surface area contributed by atoms with Gasteiger partial charge >= 0.3 is 0 Å². The molecule has 3 rings (SSSR count). The fourth-order valence-corrected chi connectivity index (χ4v) is 3.90. The topological polar surface area (TPSA) is 87.6 Å². The molecule has 0 radical (unpaired) electrons. The van der Waals surface area contributed by atoms with Gasteiger partial charge in [0.15, 0.2) is 0 Å². The predicted molar refractivity (Wildman–Crippen MR) is 95.9 cm³/mol. The van der Waals surface area contributed by atoms with Crippen molar-refractivity contribution in [2.45, 2.75) is 17.7 Å². The van der Waals surface area contributed by atoms with Gasteiger partial charge in [0.25, 0.3) is 10.0 Å². The second-order valence-corrected chi connectivity index (χ2v) is 7.42. The molecule has 1 aliphatic heterocycles. The number of carbonyl (C=O) groups is 1. The Morgan fingerprint density at radius 1 is 1.12 bits per heavy atom. The Kier molecular flexibility index (Phi) is 5.32. The summed E-state index contributed by atoms with van der Waals surface area (Å²) in [7, 11) is -3.57. The minimum Gasteiger partial charge on any atom is -0.356 e. The van der Waals surface area contributed by atoms with Crippen LogP contribution in [-0.2, 0) is 21.2 Å². The van der Waals surface area contributed by atoms with Gasteiger partial charge in [-0.3, -0.25) is 14.5 Å². The fourth-order valence-electron chi connectivity index (χ4n) is 2.65. The van der Waals surface area contributed by atoms with E-state index < -0.39 is 10.0 Å². The molecule has 0 atom stereocenters. The van der Waals surface area contributed by atoms with Crippen molar-refractivity contribution in [1.82, 2.24) is 10.0 Å². The van der Waals surface area contributed by atoms with E-state index in [2.05, 4.69) is 15.0 Å². The second-order valence-electron chi connectivity index (χ2n) is 5.77. The van der Waals surface area contributed by atoms with Gasteiger partial charge in [0.2, 0.25) is 5.91 Å². The highest BCUT2D eigenvalue weighted by atomic mass is 32.2. The molecule has 2 aromatic rings. The van der Waals surface area contributed by atoms with E-state index in [1.807, 2.05) is 0 Å². The first-order valence-electron chi connectivity index (χ1n) is 8.14. The van der Waals surface area contributed by atoms with Crippen LogP contribution in [0.5, 0.6) is 0 Å². The molecule has 2 N–H and O–H groups in total. The molecule has 0 bridgehead atoms. The number of hydrogen-bond acceptors (Lipinski definition) is 4. The SMILES string of the molecule is O=C(CCN=C1NS(=O)(=O)c2ccccc21)NCCc1ccccc1F. The highest BCUT2D eigenvalue weighted by Crippen LogP contribution is 2.22. The molecule has 0 saturated heterocycles. The quantitative estimate of drug-likeness (QED) is 0.804. The lowest BCUT2D eigenvalue weighted by atomic mass is 10.1. The van der Waals surface area contributed by atoms with Gasteiger partial charge in [-0.15, -0.1) is 0 Å². The number of sulfonamides is 1. The van der Waals surface area contributed by atoms with E-state index in [1.54, 1.807) is 36.4 Å². The number of aliphatic imine (C=N–C) groups is 1. The lowest BCUT2D eigenvalue weighted by Crippen LogP contribution is -2.27. The maximum Gasteiger partial charge on any atom is 0.263 e. The first-order valence-corrected chi connectivity index (χ1v) is 9.62. The van der Waals surface area contributed by atoms with Gasteiger partial charge in [-0.05, 0) is 30.2 Å². The van der Waals surface area contributed by atoms with Crippen LogP contribution in [0.3, 0.4) is 0 Å². The van der Waals surface area contributed by atoms with Crippen LogP contribution in [0, 0.1) is 5.82 Å². The van der Waals surface area contributed by atoms with Gasteiger partial charge < -0.3 is 5.32 Å². The molecule has 1 aliphatic rings. The third kappa shape index (κ3) is 4.08. The standard InChI is InChI=1S/C18H18FN3O3S/c19-15-7-3-1-5-13(15)9-11-20-17(23)10-12-21-18-14-6-2-4-8-16(14)26(24,25)22-18/h1-8H,9-12H2,(H,20,23)(H,21,22). The molecule has 1 heterocycles. The lowest BCUT2D eigenvalue weighted by Gasteiger charge is -2.05. The molecule has 0 spiro atoms. The maximum atomic E-state index is 13.5. The van der Waals surface area contributed by atoms with E-state index in [0.717, 1.165) is 0 Å². The van der Waals surface area contributed by atoms with E-state index in [1.165, 1.54) is 12.1 Å². The number of fused-ring (bicyclic) bond motifs is 1. The van der Waals surface area contributed by atoms with Gasteiger partial charge in [0.05, 0.1) is 11.4 Å². The van der Waals surface area contributed by atoms with Gasteiger partial charge in [0, 0.05) is 18.5 Å². The fraction of sp³-hybridized carbons (Fsp3) is 0.222. The number of hydrogen-bond donors (Lipinski definition) is 2. The zero-order chi connectivity index (χ0) is 18.6. The minimum atomic E-state index is -3.57. The number of amidine groups is 1. The minimum absolute atomic E-state index is 0.116. The van der Waals surface area contributed by atoms with Gasteiger partial charge in [0.1, 0.15) is 11.7 Å². The van der Waals surface area contributed by atoms with Crippen molar-refractivity contribution in [3.63, 3.8) is 0 Å². The monoisotopic (exact) mass is 375 g/mol. The average Bonchev–Trinajstić information content (AvgIpc) is 2.88. The van der Waals surface area contributed by atoms with E-state index in [4.69, 9.17) is 0 Å². The summed E-state index contributed by atoms with van der Waals surface area (Å²) >= 11 is 0. The highest BCUT2D eigenvalue weighted by Gasteiger charge is 2.29. The average molecular weight is 375 g/mol. The normalized spacial score (nSPS) is 16.1. The van der Waals surface area contributed by atoms with Crippen molar-refractivity contribution in [2.75, 3.05) is 13.1 Å². The van der Waals surface area contributed by atoms with Crippen molar-refractivity contribution in [2.24, 2.45) is 4.99 Å². The number of nitrogens with zero attached hydrogens (tertiary/aromatic N) is 1. The van der Waals surface area contributed by atoms with Crippen molar-refractivity contribution in [3.05, 3.63) is 65.5 Å². The van der Waals surface area contributed by atoms with Crippen molar-refractivity contribution in [3.8, 4) is 0 Å². The summed E-state index contributed by atoms with van der Waals surface area (Å²) in [5.41, 5.74) is 1.05. The van der Waals surface area contributed by atoms with E-state index in [0.29, 0.717) is 24.1 Å². The van der Waals surface area contributed by atoms with Crippen molar-refractivity contribution in [1.29, 1.82) is 0 Å². The first kappa shape index (κ1) is 18.1. The molecule has 0 aliphatic carbocycles. The van der Waals surface area contributed by atoms with Gasteiger partial charge in [-0.1, -0.05) is 30.3 Å². The Hall–Kier alpha value is -2.74. The van der Waals surface area contributed by atoms with Crippen molar-refractivity contribution >= 4 is 21.8 Å². The summed E-state index contributed by atoms with van der Waals surface area (Å²) in [4.78, 5) is 16.2. The number of rotatable bonds is 6. The molecule has 0 fully saturated rings. The van der Waals surface area contributed by atoms with Crippen LogP contribution in [0.25, 0.3) is 0 Å². The third-order valence-corrected chi connectivity index (χ3v) is 5.34. The number of benzene rings is 2. The first-order chi connectivity index (χ1) is 12.5. The number of carbonyl (C=O) groups excluding carboxylic acids is 1. The number of nitrogens with one attached hydrogen (secondary N) is 2. The molecule has 0 saturated carbocycles. The molecule has 2 aromatic carbocycles. The molecule has 8 heteroatoms. The van der Waals surface area contributed by atoms with Crippen LogP contribution in [-0.4, -0.2) is 33.3 Å². The van der Waals surface area contributed by atoms with E-state index >= 15 is 0 Å². The maximum absolute atomic E-state index is 13.5. The summed E-state index contributed by atoms with van der Waals surface area (Å²) < 4.78 is 39.8. The summed E-state index contributed by atoms with van der Waals surface area (Å²) in [5, 5.41) is 2.71. The molecule has 0 unspecified atom stereocenters. The Bertz CT molecular complexity index is 958. The lowest BCUT2D eigenvalue weighted by molar-refractivity contribution is -0.120. The molecule has 0 aromatic heterocycles. The molecule has 6 nitrogen and oxygen atoms in total. The summed E-state index contributed by atoms with van der Waals surface area (Å²) in [6, 6.07) is 13.0. The summed E-state index contributed by atoms with van der Waals surface area (Å²) in [5.74, 6) is -0.264. The second kappa shape index (κ2) is 7.65. The van der Waals surface area contributed by atoms with Crippen molar-refractivity contribution < 1.29 is 17.6 Å². The molecular formula is C18H18FN3O3S. The molecule has 1 amide bonds. The smallest absolute Gasteiger partial charge is 0.263 e. The summed E-state index contributed by atoms with van der Waals surface area (Å²) in [6.07, 6.45) is 0.519. The predicted octanol–water partition coefficient (Wildman–Crippen LogP) is 1.61. The molecule has 136 valence electrons. The zero-order valence-corrected chi connectivity index (χ0v) is 14.7. The van der Waals surface area contributed by atoms with E-state index in [-0.39, 0.29) is 35.4 Å². The van der Waals surface area contributed by atoms with Gasteiger partial charge in [-0.25, -0.2) is 12.8 Å². The summed E-state index contributed by atoms with van der Waals surface area (Å²) in [6.45, 7) is 0.476. The van der Waals surface area contributed by atoms with Crippen LogP contribution in [0.2, 0.25) is 0 Å². The van der Waals surface area contributed by atoms with E-state index in [9.17, 15) is 17.6 Å². The Balaban J connectivity index is 1.50. The number of halogens is 1.